The molecular formula is C16H25F2N. The lowest BCUT2D eigenvalue weighted by atomic mass is 10.1. The van der Waals surface area contributed by atoms with Gasteiger partial charge < -0.3 is 5.32 Å². The van der Waals surface area contributed by atoms with Crippen molar-refractivity contribution in [3.05, 3.63) is 29.8 Å². The minimum absolute atomic E-state index is 0.528. The van der Waals surface area contributed by atoms with Gasteiger partial charge in [0.25, 0.3) is 0 Å². The molecule has 108 valence electrons. The predicted molar refractivity (Wildman–Crippen MR) is 77.5 cm³/mol. The highest BCUT2D eigenvalue weighted by Gasteiger charge is 1.99. The van der Waals surface area contributed by atoms with E-state index in [9.17, 15) is 8.78 Å². The first kappa shape index (κ1) is 15.9. The molecule has 0 spiro atoms. The summed E-state index contributed by atoms with van der Waals surface area (Å²) >= 11 is 0. The summed E-state index contributed by atoms with van der Waals surface area (Å²) in [7, 11) is 0. The zero-order valence-corrected chi connectivity index (χ0v) is 11.9. The Balaban J connectivity index is 2.01. The van der Waals surface area contributed by atoms with Gasteiger partial charge in [-0.1, -0.05) is 51.9 Å². The number of halogens is 2. The van der Waals surface area contributed by atoms with Crippen LogP contribution in [0.25, 0.3) is 0 Å². The van der Waals surface area contributed by atoms with E-state index in [1.54, 1.807) is 0 Å². The molecule has 1 rings (SSSR count). The van der Waals surface area contributed by atoms with Crippen LogP contribution in [0.4, 0.5) is 14.5 Å². The van der Waals surface area contributed by atoms with E-state index in [-0.39, 0.29) is 0 Å². The van der Waals surface area contributed by atoms with Crippen molar-refractivity contribution in [2.45, 2.75) is 58.3 Å². The summed E-state index contributed by atoms with van der Waals surface area (Å²) in [5.74, 6) is -1.06. The number of rotatable bonds is 10. The molecule has 0 aliphatic rings. The Hall–Kier alpha value is -1.12. The summed E-state index contributed by atoms with van der Waals surface area (Å²) in [6, 6.07) is 3.54. The van der Waals surface area contributed by atoms with E-state index in [0.29, 0.717) is 5.69 Å². The summed E-state index contributed by atoms with van der Waals surface area (Å²) in [4.78, 5) is 0. The number of unbranched alkanes of at least 4 members (excludes halogenated alkanes) is 7. The lowest BCUT2D eigenvalue weighted by molar-refractivity contribution is 0.579. The molecule has 1 N–H and O–H groups in total. The van der Waals surface area contributed by atoms with E-state index < -0.39 is 11.6 Å². The van der Waals surface area contributed by atoms with Gasteiger partial charge in [0, 0.05) is 18.3 Å². The zero-order chi connectivity index (χ0) is 13.9. The second kappa shape index (κ2) is 9.76. The van der Waals surface area contributed by atoms with Crippen LogP contribution < -0.4 is 5.32 Å². The smallest absolute Gasteiger partial charge is 0.128 e. The van der Waals surface area contributed by atoms with Crippen LogP contribution in [0.1, 0.15) is 58.3 Å². The largest absolute Gasteiger partial charge is 0.385 e. The SMILES string of the molecule is CCCCCCCCCCNc1cc(F)cc(F)c1. The zero-order valence-electron chi connectivity index (χ0n) is 11.9. The molecule has 0 aliphatic heterocycles. The Labute approximate surface area is 115 Å². The molecule has 0 atom stereocenters. The van der Waals surface area contributed by atoms with Crippen molar-refractivity contribution in [2.24, 2.45) is 0 Å². The van der Waals surface area contributed by atoms with Crippen molar-refractivity contribution in [3.8, 4) is 0 Å². The molecule has 0 aliphatic carbocycles. The number of nitrogens with one attached hydrogen (secondary N) is 1. The van der Waals surface area contributed by atoms with Gasteiger partial charge in [0.15, 0.2) is 0 Å². The van der Waals surface area contributed by atoms with E-state index in [1.165, 1.54) is 57.1 Å². The number of hydrogen-bond donors (Lipinski definition) is 1. The van der Waals surface area contributed by atoms with Crippen molar-refractivity contribution in [1.29, 1.82) is 0 Å². The van der Waals surface area contributed by atoms with Crippen LogP contribution in [-0.4, -0.2) is 6.54 Å². The molecule has 0 radical (unpaired) electrons. The Bertz CT molecular complexity index is 332. The summed E-state index contributed by atoms with van der Waals surface area (Å²) in [6.07, 6.45) is 10.1. The Morgan fingerprint density at radius 1 is 0.789 bits per heavy atom. The highest BCUT2D eigenvalue weighted by Crippen LogP contribution is 2.13. The Morgan fingerprint density at radius 2 is 1.32 bits per heavy atom. The normalized spacial score (nSPS) is 10.7. The van der Waals surface area contributed by atoms with Gasteiger partial charge in [0.05, 0.1) is 0 Å². The van der Waals surface area contributed by atoms with Gasteiger partial charge in [-0.15, -0.1) is 0 Å². The molecule has 3 heteroatoms. The van der Waals surface area contributed by atoms with Crippen LogP contribution in [0.5, 0.6) is 0 Å². The standard InChI is InChI=1S/C16H25F2N/c1-2-3-4-5-6-7-8-9-10-19-16-12-14(17)11-15(18)13-16/h11-13,19H,2-10H2,1H3. The van der Waals surface area contributed by atoms with Crippen molar-refractivity contribution in [3.63, 3.8) is 0 Å². The average Bonchev–Trinajstić information content (AvgIpc) is 2.36. The number of benzene rings is 1. The topological polar surface area (TPSA) is 12.0 Å². The van der Waals surface area contributed by atoms with Gasteiger partial charge in [-0.25, -0.2) is 8.78 Å². The molecular weight excluding hydrogens is 244 g/mol. The highest BCUT2D eigenvalue weighted by atomic mass is 19.1. The van der Waals surface area contributed by atoms with Crippen LogP contribution in [0.15, 0.2) is 18.2 Å². The van der Waals surface area contributed by atoms with Gasteiger partial charge in [0.2, 0.25) is 0 Å². The minimum atomic E-state index is -0.529. The van der Waals surface area contributed by atoms with Gasteiger partial charge in [-0.3, -0.25) is 0 Å². The lowest BCUT2D eigenvalue weighted by Gasteiger charge is -2.06. The van der Waals surface area contributed by atoms with E-state index in [2.05, 4.69) is 12.2 Å². The molecule has 0 amide bonds. The van der Waals surface area contributed by atoms with Crippen LogP contribution in [-0.2, 0) is 0 Å². The fourth-order valence-electron chi connectivity index (χ4n) is 2.15. The summed E-state index contributed by atoms with van der Waals surface area (Å²) in [6.45, 7) is 3.00. The third-order valence-corrected chi connectivity index (χ3v) is 3.22. The van der Waals surface area contributed by atoms with Crippen molar-refractivity contribution in [1.82, 2.24) is 0 Å². The summed E-state index contributed by atoms with van der Waals surface area (Å²) in [5.41, 5.74) is 0.528. The second-order valence-corrected chi connectivity index (χ2v) is 5.06. The molecule has 1 nitrogen and oxygen atoms in total. The van der Waals surface area contributed by atoms with Crippen molar-refractivity contribution >= 4 is 5.69 Å². The van der Waals surface area contributed by atoms with Crippen molar-refractivity contribution < 1.29 is 8.78 Å². The van der Waals surface area contributed by atoms with Gasteiger partial charge >= 0.3 is 0 Å². The molecule has 0 bridgehead atoms. The number of hydrogen-bond acceptors (Lipinski definition) is 1. The molecule has 0 aromatic heterocycles. The monoisotopic (exact) mass is 269 g/mol. The maximum absolute atomic E-state index is 12.9. The lowest BCUT2D eigenvalue weighted by Crippen LogP contribution is -2.02. The highest BCUT2D eigenvalue weighted by molar-refractivity contribution is 5.43. The van der Waals surface area contributed by atoms with Gasteiger partial charge in [-0.2, -0.15) is 0 Å². The van der Waals surface area contributed by atoms with E-state index in [1.807, 2.05) is 0 Å². The molecule has 0 fully saturated rings. The molecule has 1 aromatic rings. The maximum Gasteiger partial charge on any atom is 0.128 e. The quantitative estimate of drug-likeness (QED) is 0.552. The molecule has 0 unspecified atom stereocenters. The fourth-order valence-corrected chi connectivity index (χ4v) is 2.15. The van der Waals surface area contributed by atoms with E-state index in [0.717, 1.165) is 19.0 Å². The van der Waals surface area contributed by atoms with E-state index >= 15 is 0 Å². The third-order valence-electron chi connectivity index (χ3n) is 3.22. The second-order valence-electron chi connectivity index (χ2n) is 5.06. The minimum Gasteiger partial charge on any atom is -0.385 e. The van der Waals surface area contributed by atoms with Gasteiger partial charge in [-0.05, 0) is 18.6 Å². The molecule has 0 saturated heterocycles. The molecule has 0 heterocycles. The van der Waals surface area contributed by atoms with Crippen LogP contribution >= 0.6 is 0 Å². The Kier molecular flexibility index (Phi) is 8.19. The molecule has 19 heavy (non-hydrogen) atoms. The van der Waals surface area contributed by atoms with Crippen LogP contribution in [0, 0.1) is 11.6 Å². The Morgan fingerprint density at radius 3 is 1.89 bits per heavy atom. The average molecular weight is 269 g/mol. The van der Waals surface area contributed by atoms with Gasteiger partial charge in [0.1, 0.15) is 11.6 Å². The first-order valence-electron chi connectivity index (χ1n) is 7.42. The fraction of sp³-hybridized carbons (Fsp3) is 0.625. The van der Waals surface area contributed by atoms with E-state index in [4.69, 9.17) is 0 Å². The summed E-state index contributed by atoms with van der Waals surface area (Å²) in [5, 5.41) is 3.06. The predicted octanol–water partition coefficient (Wildman–Crippen LogP) is 5.52. The number of anilines is 1. The first-order chi connectivity index (χ1) is 9.22. The summed E-state index contributed by atoms with van der Waals surface area (Å²) < 4.78 is 25.9. The maximum atomic E-state index is 12.9. The third kappa shape index (κ3) is 7.81. The molecule has 1 aromatic carbocycles. The van der Waals surface area contributed by atoms with Crippen LogP contribution in [0.2, 0.25) is 0 Å². The first-order valence-corrected chi connectivity index (χ1v) is 7.42. The van der Waals surface area contributed by atoms with Crippen LogP contribution in [0.3, 0.4) is 0 Å². The van der Waals surface area contributed by atoms with Crippen molar-refractivity contribution in [2.75, 3.05) is 11.9 Å². The molecule has 0 saturated carbocycles.